The molecule has 0 N–H and O–H groups in total. The predicted octanol–water partition coefficient (Wildman–Crippen LogP) is 0.522. The van der Waals surface area contributed by atoms with Crippen molar-refractivity contribution >= 4 is 11.8 Å². The summed E-state index contributed by atoms with van der Waals surface area (Å²) in [4.78, 5) is 22.5. The van der Waals surface area contributed by atoms with Crippen LogP contribution in [-0.2, 0) is 9.59 Å². The van der Waals surface area contributed by atoms with E-state index in [0.29, 0.717) is 12.3 Å². The molecule has 2 unspecified atom stereocenters. The standard InChI is InChI=1S/C11H16O3/c1-10(2)7-3-4-11(10,6-9(13)14)8(12)5-7/h7H,3-6H2,1-2H3,(H,13,14)/p-1. The van der Waals surface area contributed by atoms with Crippen molar-refractivity contribution in [3.05, 3.63) is 0 Å². The molecule has 0 heterocycles. The van der Waals surface area contributed by atoms with E-state index in [0.717, 1.165) is 12.8 Å². The van der Waals surface area contributed by atoms with E-state index < -0.39 is 11.4 Å². The van der Waals surface area contributed by atoms with Crippen LogP contribution in [0, 0.1) is 16.7 Å². The summed E-state index contributed by atoms with van der Waals surface area (Å²) in [6.45, 7) is 4.05. The van der Waals surface area contributed by atoms with E-state index in [4.69, 9.17) is 0 Å². The van der Waals surface area contributed by atoms with Crippen LogP contribution in [0.25, 0.3) is 0 Å². The molecule has 0 aromatic carbocycles. The molecule has 2 atom stereocenters. The highest BCUT2D eigenvalue weighted by Gasteiger charge is 2.63. The minimum absolute atomic E-state index is 0.0880. The van der Waals surface area contributed by atoms with Crippen molar-refractivity contribution in [2.75, 3.05) is 0 Å². The van der Waals surface area contributed by atoms with Crippen molar-refractivity contribution in [3.63, 3.8) is 0 Å². The number of ketones is 1. The first-order chi connectivity index (χ1) is 6.40. The second-order valence-corrected chi connectivity index (χ2v) is 5.22. The van der Waals surface area contributed by atoms with Crippen molar-refractivity contribution in [2.24, 2.45) is 16.7 Å². The molecule has 0 spiro atoms. The molecule has 0 radical (unpaired) electrons. The van der Waals surface area contributed by atoms with Crippen LogP contribution in [0.5, 0.6) is 0 Å². The maximum Gasteiger partial charge on any atom is 0.140 e. The third-order valence-electron chi connectivity index (χ3n) is 4.59. The molecule has 3 nitrogen and oxygen atoms in total. The van der Waals surface area contributed by atoms with Gasteiger partial charge in [0.25, 0.3) is 0 Å². The van der Waals surface area contributed by atoms with Crippen LogP contribution in [0.2, 0.25) is 0 Å². The molecule has 2 aliphatic carbocycles. The number of hydrogen-bond donors (Lipinski definition) is 0. The van der Waals surface area contributed by atoms with E-state index >= 15 is 0 Å². The molecule has 0 aliphatic heterocycles. The van der Waals surface area contributed by atoms with Crippen LogP contribution in [-0.4, -0.2) is 11.8 Å². The number of carboxylic acid groups (broad SMARTS) is 1. The number of Topliss-reactive ketones (excluding diaryl/α,β-unsaturated/α-hetero) is 1. The maximum atomic E-state index is 11.8. The van der Waals surface area contributed by atoms with Gasteiger partial charge >= 0.3 is 0 Å². The highest BCUT2D eigenvalue weighted by molar-refractivity contribution is 5.92. The Balaban J connectivity index is 2.39. The van der Waals surface area contributed by atoms with E-state index in [9.17, 15) is 14.7 Å². The minimum atomic E-state index is -1.09. The van der Waals surface area contributed by atoms with E-state index in [1.54, 1.807) is 0 Å². The molecular weight excluding hydrogens is 180 g/mol. The summed E-state index contributed by atoms with van der Waals surface area (Å²) < 4.78 is 0. The first kappa shape index (κ1) is 9.69. The van der Waals surface area contributed by atoms with Gasteiger partial charge in [0.1, 0.15) is 5.78 Å². The number of hydrogen-bond acceptors (Lipinski definition) is 3. The second kappa shape index (κ2) is 2.59. The third kappa shape index (κ3) is 0.928. The lowest BCUT2D eigenvalue weighted by molar-refractivity contribution is -0.308. The van der Waals surface area contributed by atoms with Crippen molar-refractivity contribution in [1.29, 1.82) is 0 Å². The minimum Gasteiger partial charge on any atom is -0.550 e. The van der Waals surface area contributed by atoms with Gasteiger partial charge in [0, 0.05) is 24.2 Å². The Morgan fingerprint density at radius 1 is 1.57 bits per heavy atom. The molecule has 2 rings (SSSR count). The van der Waals surface area contributed by atoms with Gasteiger partial charge in [-0.2, -0.15) is 0 Å². The first-order valence-corrected chi connectivity index (χ1v) is 5.13. The highest BCUT2D eigenvalue weighted by Crippen LogP contribution is 2.65. The summed E-state index contributed by atoms with van der Waals surface area (Å²) in [5, 5.41) is 10.7. The molecule has 3 heteroatoms. The lowest BCUT2D eigenvalue weighted by atomic mass is 9.67. The van der Waals surface area contributed by atoms with Gasteiger partial charge in [-0.15, -0.1) is 0 Å². The van der Waals surface area contributed by atoms with Crippen LogP contribution in [0.3, 0.4) is 0 Å². The largest absolute Gasteiger partial charge is 0.550 e. The fourth-order valence-corrected chi connectivity index (χ4v) is 3.43. The lowest BCUT2D eigenvalue weighted by Gasteiger charge is -2.36. The van der Waals surface area contributed by atoms with Crippen molar-refractivity contribution < 1.29 is 14.7 Å². The maximum absolute atomic E-state index is 11.8. The van der Waals surface area contributed by atoms with Crippen molar-refractivity contribution in [3.8, 4) is 0 Å². The fourth-order valence-electron chi connectivity index (χ4n) is 3.43. The number of fused-ring (bicyclic) bond motifs is 2. The quantitative estimate of drug-likeness (QED) is 0.645. The topological polar surface area (TPSA) is 57.2 Å². The molecule has 2 saturated carbocycles. The Bertz CT molecular complexity index is 306. The fraction of sp³-hybridized carbons (Fsp3) is 0.818. The van der Waals surface area contributed by atoms with Crippen LogP contribution in [0.15, 0.2) is 0 Å². The molecule has 0 saturated heterocycles. The average molecular weight is 195 g/mol. The van der Waals surface area contributed by atoms with Gasteiger partial charge in [-0.25, -0.2) is 0 Å². The smallest absolute Gasteiger partial charge is 0.140 e. The average Bonchev–Trinajstić information content (AvgIpc) is 2.36. The molecule has 14 heavy (non-hydrogen) atoms. The Morgan fingerprint density at radius 2 is 2.21 bits per heavy atom. The molecular formula is C11H15O3-. The highest BCUT2D eigenvalue weighted by atomic mass is 16.4. The summed E-state index contributed by atoms with van der Waals surface area (Å²) in [6, 6.07) is 0. The third-order valence-corrected chi connectivity index (χ3v) is 4.59. The summed E-state index contributed by atoms with van der Waals surface area (Å²) >= 11 is 0. The Hall–Kier alpha value is -0.860. The summed E-state index contributed by atoms with van der Waals surface area (Å²) in [7, 11) is 0. The molecule has 0 aromatic rings. The van der Waals surface area contributed by atoms with E-state index in [-0.39, 0.29) is 17.6 Å². The van der Waals surface area contributed by atoms with E-state index in [1.165, 1.54) is 0 Å². The predicted molar refractivity (Wildman–Crippen MR) is 48.2 cm³/mol. The normalized spacial score (nSPS) is 39.0. The zero-order chi connectivity index (χ0) is 10.6. The molecule has 0 amide bonds. The molecule has 2 fully saturated rings. The second-order valence-electron chi connectivity index (χ2n) is 5.22. The van der Waals surface area contributed by atoms with E-state index in [2.05, 4.69) is 0 Å². The number of carbonyl (C=O) groups excluding carboxylic acids is 2. The van der Waals surface area contributed by atoms with Crippen LogP contribution < -0.4 is 5.11 Å². The summed E-state index contributed by atoms with van der Waals surface area (Å²) in [6.07, 6.45) is 2.21. The van der Waals surface area contributed by atoms with Crippen LogP contribution in [0.1, 0.15) is 39.5 Å². The summed E-state index contributed by atoms with van der Waals surface area (Å²) in [5.41, 5.74) is -0.763. The van der Waals surface area contributed by atoms with Crippen molar-refractivity contribution in [1.82, 2.24) is 0 Å². The van der Waals surface area contributed by atoms with Crippen LogP contribution >= 0.6 is 0 Å². The molecule has 0 aromatic heterocycles. The van der Waals surface area contributed by atoms with Gasteiger partial charge in [-0.1, -0.05) is 13.8 Å². The number of carbonyl (C=O) groups is 2. The Morgan fingerprint density at radius 3 is 2.57 bits per heavy atom. The Labute approximate surface area is 83.5 Å². The number of carboxylic acids is 1. The SMILES string of the molecule is CC1(C)C2CCC1(CC(=O)[O-])C(=O)C2. The zero-order valence-electron chi connectivity index (χ0n) is 8.63. The zero-order valence-corrected chi connectivity index (χ0v) is 8.63. The first-order valence-electron chi connectivity index (χ1n) is 5.13. The monoisotopic (exact) mass is 195 g/mol. The number of aliphatic carboxylic acids is 1. The lowest BCUT2D eigenvalue weighted by Crippen LogP contribution is -2.41. The van der Waals surface area contributed by atoms with Gasteiger partial charge in [0.05, 0.1) is 0 Å². The van der Waals surface area contributed by atoms with Gasteiger partial charge in [-0.05, 0) is 24.2 Å². The van der Waals surface area contributed by atoms with Crippen LogP contribution in [0.4, 0.5) is 0 Å². The van der Waals surface area contributed by atoms with E-state index in [1.807, 2.05) is 13.8 Å². The van der Waals surface area contributed by atoms with Gasteiger partial charge in [-0.3, -0.25) is 4.79 Å². The Kier molecular flexibility index (Phi) is 1.79. The van der Waals surface area contributed by atoms with Gasteiger partial charge in [0.2, 0.25) is 0 Å². The summed E-state index contributed by atoms with van der Waals surface area (Å²) in [5.74, 6) is -0.564. The molecule has 2 bridgehead atoms. The molecule has 2 aliphatic rings. The van der Waals surface area contributed by atoms with Gasteiger partial charge in [0.15, 0.2) is 0 Å². The molecule has 78 valence electrons. The van der Waals surface area contributed by atoms with Crippen molar-refractivity contribution in [2.45, 2.75) is 39.5 Å². The van der Waals surface area contributed by atoms with Gasteiger partial charge < -0.3 is 9.90 Å². The number of rotatable bonds is 2.